The minimum Gasteiger partial charge on any atom is -0.378 e. The molecule has 1 saturated heterocycles. The number of aryl methyl sites for hydroxylation is 2. The predicted octanol–water partition coefficient (Wildman–Crippen LogP) is 4.00. The molecular weight excluding hydrogens is 462 g/mol. The number of hydrogen-bond acceptors (Lipinski definition) is 6. The molecule has 1 fully saturated rings. The molecule has 2 N–H and O–H groups in total. The van der Waals surface area contributed by atoms with Gasteiger partial charge in [-0.1, -0.05) is 30.3 Å². The Morgan fingerprint density at radius 2 is 1.77 bits per heavy atom. The summed E-state index contributed by atoms with van der Waals surface area (Å²) in [6.07, 6.45) is 0. The van der Waals surface area contributed by atoms with Gasteiger partial charge in [0.2, 0.25) is 0 Å². The van der Waals surface area contributed by atoms with E-state index >= 15 is 0 Å². The van der Waals surface area contributed by atoms with Gasteiger partial charge in [0.05, 0.1) is 34.1 Å². The van der Waals surface area contributed by atoms with Crippen molar-refractivity contribution in [2.24, 2.45) is 0 Å². The average molecular weight is 490 g/mol. The van der Waals surface area contributed by atoms with Gasteiger partial charge in [0, 0.05) is 30.8 Å². The van der Waals surface area contributed by atoms with Crippen LogP contribution in [0, 0.1) is 6.92 Å². The molecule has 3 heterocycles. The first kappa shape index (κ1) is 23.1. The maximum absolute atomic E-state index is 13.0. The molecule has 2 aromatic carbocycles. The number of nitrogens with one attached hydrogen (secondary N) is 2. The van der Waals surface area contributed by atoms with E-state index in [0.29, 0.717) is 23.7 Å². The highest BCUT2D eigenvalue weighted by Crippen LogP contribution is 2.39. The zero-order valence-electron chi connectivity index (χ0n) is 19.7. The number of hydrogen-bond donors (Lipinski definition) is 2. The van der Waals surface area contributed by atoms with Crippen molar-refractivity contribution in [1.29, 1.82) is 0 Å². The Morgan fingerprint density at radius 3 is 2.51 bits per heavy atom. The lowest BCUT2D eigenvalue weighted by atomic mass is 10.1. The number of rotatable bonds is 5. The van der Waals surface area contributed by atoms with Crippen LogP contribution in [0.5, 0.6) is 0 Å². The molecule has 4 aromatic rings. The highest BCUT2D eigenvalue weighted by atomic mass is 32.1. The molecule has 5 rings (SSSR count). The fraction of sp³-hybridized carbons (Fsp3) is 0.269. The molecule has 0 unspecified atom stereocenters. The van der Waals surface area contributed by atoms with Gasteiger partial charge in [-0.05, 0) is 43.7 Å². The van der Waals surface area contributed by atoms with Crippen LogP contribution in [0.15, 0.2) is 54.6 Å². The van der Waals surface area contributed by atoms with Crippen molar-refractivity contribution in [2.75, 3.05) is 31.2 Å². The average Bonchev–Trinajstić information content (AvgIpc) is 3.48. The van der Waals surface area contributed by atoms with E-state index < -0.39 is 5.91 Å². The van der Waals surface area contributed by atoms with Crippen molar-refractivity contribution in [3.8, 4) is 11.1 Å². The summed E-state index contributed by atoms with van der Waals surface area (Å²) in [5.74, 6) is 0.153. The zero-order chi connectivity index (χ0) is 24.4. The van der Waals surface area contributed by atoms with Crippen molar-refractivity contribution in [3.05, 3.63) is 70.9 Å². The molecule has 0 spiro atoms. The summed E-state index contributed by atoms with van der Waals surface area (Å²) in [5.41, 5.74) is 9.33. The summed E-state index contributed by atoms with van der Waals surface area (Å²) < 4.78 is 7.59. The second kappa shape index (κ2) is 9.89. The first-order chi connectivity index (χ1) is 17.0. The number of benzene rings is 2. The van der Waals surface area contributed by atoms with Crippen LogP contribution in [0.3, 0.4) is 0 Å². The summed E-state index contributed by atoms with van der Waals surface area (Å²) >= 11 is 1.42. The van der Waals surface area contributed by atoms with Crippen LogP contribution in [0.4, 0.5) is 5.00 Å². The van der Waals surface area contributed by atoms with Crippen molar-refractivity contribution in [1.82, 2.24) is 20.4 Å². The fourth-order valence-electron chi connectivity index (χ4n) is 4.36. The van der Waals surface area contributed by atoms with Gasteiger partial charge in [-0.15, -0.1) is 11.3 Å². The van der Waals surface area contributed by atoms with Crippen molar-refractivity contribution < 1.29 is 14.3 Å². The minimum atomic E-state index is -0.391. The molecule has 0 saturated carbocycles. The maximum atomic E-state index is 13.0. The number of aromatic nitrogens is 2. The molecule has 35 heavy (non-hydrogen) atoms. The number of nitrogens with zero attached hydrogens (tertiary/aromatic N) is 3. The first-order valence-corrected chi connectivity index (χ1v) is 12.5. The van der Waals surface area contributed by atoms with Crippen molar-refractivity contribution >= 4 is 39.2 Å². The Hall–Kier alpha value is -3.69. The molecule has 2 amide bonds. The van der Waals surface area contributed by atoms with Gasteiger partial charge >= 0.3 is 0 Å². The summed E-state index contributed by atoms with van der Waals surface area (Å²) in [6.45, 7) is 7.67. The lowest BCUT2D eigenvalue weighted by Gasteiger charge is -2.28. The van der Waals surface area contributed by atoms with Crippen LogP contribution >= 0.6 is 11.3 Å². The topological polar surface area (TPSA) is 88.5 Å². The van der Waals surface area contributed by atoms with Crippen LogP contribution in [0.1, 0.15) is 32.8 Å². The number of ether oxygens (including phenoxy) is 1. The number of hydrazine groups is 1. The number of carbonyl (C=O) groups excluding carboxylic acids is 2. The fourth-order valence-corrected chi connectivity index (χ4v) is 5.48. The van der Waals surface area contributed by atoms with E-state index in [4.69, 9.17) is 4.74 Å². The monoisotopic (exact) mass is 489 g/mol. The van der Waals surface area contributed by atoms with E-state index in [1.54, 1.807) is 12.1 Å². The lowest BCUT2D eigenvalue weighted by Crippen LogP contribution is -2.41. The number of morpholine rings is 1. The lowest BCUT2D eigenvalue weighted by molar-refractivity contribution is 0.0849. The molecule has 0 aliphatic carbocycles. The number of anilines is 1. The molecule has 9 heteroatoms. The Morgan fingerprint density at radius 1 is 1.03 bits per heavy atom. The van der Waals surface area contributed by atoms with E-state index in [-0.39, 0.29) is 5.91 Å². The number of fused-ring (bicyclic) bond motifs is 1. The highest BCUT2D eigenvalue weighted by Gasteiger charge is 2.22. The largest absolute Gasteiger partial charge is 0.378 e. The van der Waals surface area contributed by atoms with Gasteiger partial charge in [0.25, 0.3) is 11.8 Å². The number of amides is 2. The highest BCUT2D eigenvalue weighted by molar-refractivity contribution is 7.18. The third kappa shape index (κ3) is 4.65. The Balaban J connectivity index is 1.33. The minimum absolute atomic E-state index is 0.354. The molecule has 0 radical (unpaired) electrons. The predicted molar refractivity (Wildman–Crippen MR) is 138 cm³/mol. The second-order valence-electron chi connectivity index (χ2n) is 8.31. The number of carbonyl (C=O) groups is 2. The molecule has 8 nitrogen and oxygen atoms in total. The Bertz CT molecular complexity index is 1370. The van der Waals surface area contributed by atoms with Crippen LogP contribution in [0.2, 0.25) is 0 Å². The van der Waals surface area contributed by atoms with Crippen LogP contribution in [-0.4, -0.2) is 47.7 Å². The summed E-state index contributed by atoms with van der Waals surface area (Å²) in [4.78, 5) is 33.0. The second-order valence-corrected chi connectivity index (χ2v) is 9.34. The van der Waals surface area contributed by atoms with Gasteiger partial charge in [-0.25, -0.2) is 4.98 Å². The molecular formula is C26H27N5O3S. The summed E-state index contributed by atoms with van der Waals surface area (Å²) in [5, 5.41) is 1.03. The standard InChI is InChI=1S/C26H27N5O3S/c1-3-31-17(2)27-21-15-19(9-10-22(21)31)24(32)28-29-25(33)23-16-20(18-7-5-4-6-8-18)26(35-23)30-11-13-34-14-12-30/h4-10,15-16H,3,11-14H2,1-2H3,(H,28,32)(H,29,33). The Kier molecular flexibility index (Phi) is 6.52. The van der Waals surface area contributed by atoms with Crippen LogP contribution < -0.4 is 15.8 Å². The molecule has 1 aliphatic rings. The molecule has 0 bridgehead atoms. The molecule has 0 atom stereocenters. The van der Waals surface area contributed by atoms with Crippen LogP contribution in [0.25, 0.3) is 22.2 Å². The van der Waals surface area contributed by atoms with Gasteiger partial charge in [0.1, 0.15) is 5.82 Å². The van der Waals surface area contributed by atoms with Crippen molar-refractivity contribution in [2.45, 2.75) is 20.4 Å². The molecule has 2 aromatic heterocycles. The van der Waals surface area contributed by atoms with E-state index in [1.165, 1.54) is 11.3 Å². The Labute approximate surface area is 207 Å². The molecule has 1 aliphatic heterocycles. The SMILES string of the molecule is CCn1c(C)nc2cc(C(=O)NNC(=O)c3cc(-c4ccccc4)c(N4CCOCC4)s3)ccc21. The van der Waals surface area contributed by atoms with Crippen LogP contribution in [-0.2, 0) is 11.3 Å². The third-order valence-corrected chi connectivity index (χ3v) is 7.32. The smallest absolute Gasteiger partial charge is 0.279 e. The normalized spacial score (nSPS) is 13.7. The third-order valence-electron chi connectivity index (χ3n) is 6.13. The van der Waals surface area contributed by atoms with Gasteiger partial charge < -0.3 is 14.2 Å². The van der Waals surface area contributed by atoms with E-state index in [0.717, 1.165) is 52.6 Å². The van der Waals surface area contributed by atoms with E-state index in [9.17, 15) is 9.59 Å². The van der Waals surface area contributed by atoms with Gasteiger partial charge in [-0.2, -0.15) is 0 Å². The van der Waals surface area contributed by atoms with Crippen molar-refractivity contribution in [3.63, 3.8) is 0 Å². The van der Waals surface area contributed by atoms with E-state index in [2.05, 4.69) is 32.2 Å². The quantitative estimate of drug-likeness (QED) is 0.414. The number of imidazole rings is 1. The summed E-state index contributed by atoms with van der Waals surface area (Å²) in [7, 11) is 0. The maximum Gasteiger partial charge on any atom is 0.279 e. The number of thiophene rings is 1. The zero-order valence-corrected chi connectivity index (χ0v) is 20.5. The first-order valence-electron chi connectivity index (χ1n) is 11.6. The van der Waals surface area contributed by atoms with Gasteiger partial charge in [0.15, 0.2) is 0 Å². The van der Waals surface area contributed by atoms with E-state index in [1.807, 2.05) is 49.4 Å². The summed E-state index contributed by atoms with van der Waals surface area (Å²) in [6, 6.07) is 17.3. The van der Waals surface area contributed by atoms with Gasteiger partial charge in [-0.3, -0.25) is 20.4 Å². The molecule has 180 valence electrons.